The zero-order valence-electron chi connectivity index (χ0n) is 18.3. The van der Waals surface area contributed by atoms with Gasteiger partial charge in [0, 0.05) is 24.5 Å². The van der Waals surface area contributed by atoms with Crippen molar-refractivity contribution >= 4 is 23.4 Å². The van der Waals surface area contributed by atoms with E-state index >= 15 is 0 Å². The van der Waals surface area contributed by atoms with Crippen LogP contribution in [0.25, 0.3) is 0 Å². The first-order valence-corrected chi connectivity index (χ1v) is 11.4. The maximum Gasteiger partial charge on any atom is 0.247 e. The van der Waals surface area contributed by atoms with E-state index in [1.165, 1.54) is 0 Å². The van der Waals surface area contributed by atoms with Gasteiger partial charge in [0.2, 0.25) is 11.8 Å². The first-order chi connectivity index (χ1) is 15.6. The standard InChI is InChI=1S/C27H29ClN2O2/c1-2-9-25(31)30(20-22-14-16-24(28)17-15-22)26(23-12-7-4-8-13-23)27(32)29-19-18-21-10-5-3-6-11-21/h3-8,10-17,26H,2,9,18-20H2,1H3,(H,29,32)/t26-/m0/s1. The van der Waals surface area contributed by atoms with Gasteiger partial charge in [0.1, 0.15) is 6.04 Å². The van der Waals surface area contributed by atoms with Crippen molar-refractivity contribution in [2.45, 2.75) is 38.8 Å². The summed E-state index contributed by atoms with van der Waals surface area (Å²) >= 11 is 6.03. The third-order valence-electron chi connectivity index (χ3n) is 5.28. The van der Waals surface area contributed by atoms with Crippen LogP contribution in [-0.4, -0.2) is 23.3 Å². The van der Waals surface area contributed by atoms with E-state index in [1.54, 1.807) is 17.0 Å². The summed E-state index contributed by atoms with van der Waals surface area (Å²) in [6, 6.07) is 26.2. The predicted molar refractivity (Wildman–Crippen MR) is 129 cm³/mol. The molecule has 0 aliphatic rings. The van der Waals surface area contributed by atoms with E-state index in [2.05, 4.69) is 5.32 Å². The van der Waals surface area contributed by atoms with Crippen LogP contribution in [0, 0.1) is 0 Å². The van der Waals surface area contributed by atoms with E-state index in [0.717, 1.165) is 23.1 Å². The summed E-state index contributed by atoms with van der Waals surface area (Å²) in [6.07, 6.45) is 1.83. The Hall–Kier alpha value is -3.11. The maximum atomic E-state index is 13.4. The minimum absolute atomic E-state index is 0.0467. The van der Waals surface area contributed by atoms with Crippen molar-refractivity contribution in [3.63, 3.8) is 0 Å². The van der Waals surface area contributed by atoms with Crippen molar-refractivity contribution in [3.05, 3.63) is 107 Å². The summed E-state index contributed by atoms with van der Waals surface area (Å²) in [5, 5.41) is 3.69. The SMILES string of the molecule is CCCC(=O)N(Cc1ccc(Cl)cc1)[C@H](C(=O)NCCc1ccccc1)c1ccccc1. The lowest BCUT2D eigenvalue weighted by Crippen LogP contribution is -2.43. The topological polar surface area (TPSA) is 49.4 Å². The molecular formula is C27H29ClN2O2. The molecule has 32 heavy (non-hydrogen) atoms. The Morgan fingerprint density at radius 2 is 1.50 bits per heavy atom. The number of nitrogens with one attached hydrogen (secondary N) is 1. The molecule has 2 amide bonds. The third kappa shape index (κ3) is 6.69. The number of carbonyl (C=O) groups is 2. The number of halogens is 1. The van der Waals surface area contributed by atoms with E-state index in [-0.39, 0.29) is 11.8 Å². The highest BCUT2D eigenvalue weighted by molar-refractivity contribution is 6.30. The summed E-state index contributed by atoms with van der Waals surface area (Å²) in [5.41, 5.74) is 2.88. The van der Waals surface area contributed by atoms with E-state index in [4.69, 9.17) is 11.6 Å². The Morgan fingerprint density at radius 3 is 2.12 bits per heavy atom. The second-order valence-corrected chi connectivity index (χ2v) is 8.17. The molecule has 3 rings (SSSR count). The molecule has 0 saturated carbocycles. The molecule has 0 fully saturated rings. The molecule has 0 aromatic heterocycles. The van der Waals surface area contributed by atoms with Crippen LogP contribution in [0.2, 0.25) is 5.02 Å². The molecule has 3 aromatic carbocycles. The summed E-state index contributed by atoms with van der Waals surface area (Å²) in [7, 11) is 0. The van der Waals surface area contributed by atoms with E-state index in [9.17, 15) is 9.59 Å². The highest BCUT2D eigenvalue weighted by Gasteiger charge is 2.30. The van der Waals surface area contributed by atoms with Crippen molar-refractivity contribution < 1.29 is 9.59 Å². The van der Waals surface area contributed by atoms with Crippen LogP contribution >= 0.6 is 11.6 Å². The molecule has 4 nitrogen and oxygen atoms in total. The van der Waals surface area contributed by atoms with Crippen LogP contribution in [0.15, 0.2) is 84.9 Å². The molecule has 166 valence electrons. The second kappa shape index (κ2) is 12.1. The predicted octanol–water partition coefficient (Wildman–Crippen LogP) is 5.57. The number of carbonyl (C=O) groups excluding carboxylic acids is 2. The van der Waals surface area contributed by atoms with Crippen LogP contribution in [-0.2, 0) is 22.6 Å². The zero-order chi connectivity index (χ0) is 22.8. The molecule has 0 aliphatic carbocycles. The summed E-state index contributed by atoms with van der Waals surface area (Å²) in [6.45, 7) is 2.81. The lowest BCUT2D eigenvalue weighted by molar-refractivity contribution is -0.141. The molecule has 5 heteroatoms. The fourth-order valence-electron chi connectivity index (χ4n) is 3.65. The first-order valence-electron chi connectivity index (χ1n) is 11.0. The van der Waals surface area contributed by atoms with Gasteiger partial charge in [0.15, 0.2) is 0 Å². The molecule has 0 bridgehead atoms. The number of hydrogen-bond acceptors (Lipinski definition) is 2. The summed E-state index contributed by atoms with van der Waals surface area (Å²) in [5.74, 6) is -0.222. The molecule has 1 atom stereocenters. The highest BCUT2D eigenvalue weighted by atomic mass is 35.5. The third-order valence-corrected chi connectivity index (χ3v) is 5.53. The fraction of sp³-hybridized carbons (Fsp3) is 0.259. The van der Waals surface area contributed by atoms with E-state index < -0.39 is 6.04 Å². The number of nitrogens with zero attached hydrogens (tertiary/aromatic N) is 1. The highest BCUT2D eigenvalue weighted by Crippen LogP contribution is 2.25. The Kier molecular flexibility index (Phi) is 8.88. The minimum Gasteiger partial charge on any atom is -0.354 e. The number of rotatable bonds is 10. The van der Waals surface area contributed by atoms with Crippen LogP contribution in [0.3, 0.4) is 0 Å². The molecular weight excluding hydrogens is 420 g/mol. The van der Waals surface area contributed by atoms with Crippen molar-refractivity contribution in [2.24, 2.45) is 0 Å². The maximum absolute atomic E-state index is 13.4. The Balaban J connectivity index is 1.84. The van der Waals surface area contributed by atoms with Crippen molar-refractivity contribution in [1.82, 2.24) is 10.2 Å². The average molecular weight is 449 g/mol. The van der Waals surface area contributed by atoms with Gasteiger partial charge < -0.3 is 10.2 Å². The van der Waals surface area contributed by atoms with Gasteiger partial charge in [0.05, 0.1) is 0 Å². The average Bonchev–Trinajstić information content (AvgIpc) is 2.81. The largest absolute Gasteiger partial charge is 0.354 e. The lowest BCUT2D eigenvalue weighted by Gasteiger charge is -2.31. The smallest absolute Gasteiger partial charge is 0.247 e. The molecule has 0 saturated heterocycles. The van der Waals surface area contributed by atoms with E-state index in [1.807, 2.05) is 79.7 Å². The Labute approximate surface area is 195 Å². The molecule has 1 N–H and O–H groups in total. The Morgan fingerprint density at radius 1 is 0.875 bits per heavy atom. The molecule has 0 unspecified atom stereocenters. The summed E-state index contributed by atoms with van der Waals surface area (Å²) < 4.78 is 0. The molecule has 0 heterocycles. The van der Waals surface area contributed by atoms with Crippen LogP contribution in [0.4, 0.5) is 0 Å². The van der Waals surface area contributed by atoms with Gasteiger partial charge in [0.25, 0.3) is 0 Å². The van der Waals surface area contributed by atoms with E-state index in [0.29, 0.717) is 31.0 Å². The minimum atomic E-state index is -0.707. The van der Waals surface area contributed by atoms with Gasteiger partial charge in [-0.3, -0.25) is 9.59 Å². The molecule has 0 radical (unpaired) electrons. The fourth-order valence-corrected chi connectivity index (χ4v) is 3.77. The monoisotopic (exact) mass is 448 g/mol. The lowest BCUT2D eigenvalue weighted by atomic mass is 10.0. The molecule has 0 spiro atoms. The molecule has 0 aliphatic heterocycles. The quantitative estimate of drug-likeness (QED) is 0.440. The van der Waals surface area contributed by atoms with Gasteiger partial charge >= 0.3 is 0 Å². The normalized spacial score (nSPS) is 11.6. The molecule has 3 aromatic rings. The number of benzene rings is 3. The van der Waals surface area contributed by atoms with Crippen molar-refractivity contribution in [2.75, 3.05) is 6.54 Å². The second-order valence-electron chi connectivity index (χ2n) is 7.74. The van der Waals surface area contributed by atoms with Gasteiger partial charge in [-0.15, -0.1) is 0 Å². The van der Waals surface area contributed by atoms with Crippen LogP contribution < -0.4 is 5.32 Å². The van der Waals surface area contributed by atoms with Gasteiger partial charge in [-0.2, -0.15) is 0 Å². The van der Waals surface area contributed by atoms with Gasteiger partial charge in [-0.05, 0) is 41.7 Å². The van der Waals surface area contributed by atoms with Crippen LogP contribution in [0.1, 0.15) is 42.5 Å². The van der Waals surface area contributed by atoms with Gasteiger partial charge in [-0.1, -0.05) is 91.3 Å². The van der Waals surface area contributed by atoms with Gasteiger partial charge in [-0.25, -0.2) is 0 Å². The van der Waals surface area contributed by atoms with Crippen molar-refractivity contribution in [3.8, 4) is 0 Å². The number of amides is 2. The Bertz CT molecular complexity index is 991. The first kappa shape index (κ1) is 23.6. The summed E-state index contributed by atoms with van der Waals surface area (Å²) in [4.78, 5) is 28.2. The van der Waals surface area contributed by atoms with Crippen LogP contribution in [0.5, 0.6) is 0 Å². The zero-order valence-corrected chi connectivity index (χ0v) is 19.1. The van der Waals surface area contributed by atoms with Crippen molar-refractivity contribution in [1.29, 1.82) is 0 Å². The number of hydrogen-bond donors (Lipinski definition) is 1.